The molecule has 0 unspecified atom stereocenters. The monoisotopic (exact) mass is 255 g/mol. The maximum absolute atomic E-state index is 6.02. The normalized spacial score (nSPS) is 11.1. The van der Waals surface area contributed by atoms with Gasteiger partial charge in [-0.25, -0.2) is 4.98 Å². The van der Waals surface area contributed by atoms with Crippen LogP contribution in [0.25, 0.3) is 5.65 Å². The van der Waals surface area contributed by atoms with Gasteiger partial charge in [-0.15, -0.1) is 0 Å². The molecule has 0 bridgehead atoms. The van der Waals surface area contributed by atoms with Gasteiger partial charge in [0.05, 0.1) is 10.7 Å². The number of nitrogen functional groups attached to an aromatic ring is 1. The number of fused-ring (bicyclic) bond motifs is 1. The zero-order valence-corrected chi connectivity index (χ0v) is 10.7. The Morgan fingerprint density at radius 3 is 3.06 bits per heavy atom. The molecule has 86 valence electrons. The van der Waals surface area contributed by atoms with Crippen molar-refractivity contribution >= 4 is 34.8 Å². The molecule has 2 rings (SSSR count). The topological polar surface area (TPSA) is 43.3 Å². The molecule has 0 atom stereocenters. The number of nitrogens with two attached hydrogens (primary N) is 1. The van der Waals surface area contributed by atoms with Crippen molar-refractivity contribution < 1.29 is 0 Å². The molecular formula is C11H14ClN3S. The molecule has 0 amide bonds. The number of rotatable bonds is 4. The summed E-state index contributed by atoms with van der Waals surface area (Å²) in [5, 5.41) is 0.672. The van der Waals surface area contributed by atoms with Gasteiger partial charge in [0, 0.05) is 12.6 Å². The predicted molar refractivity (Wildman–Crippen MR) is 71.3 cm³/mol. The Morgan fingerprint density at radius 1 is 1.50 bits per heavy atom. The minimum atomic E-state index is 0.672. The zero-order chi connectivity index (χ0) is 11.5. The number of hydrogen-bond donors (Lipinski definition) is 1. The number of thioether (sulfide) groups is 1. The van der Waals surface area contributed by atoms with Crippen LogP contribution in [-0.2, 0) is 6.42 Å². The Morgan fingerprint density at radius 2 is 2.31 bits per heavy atom. The summed E-state index contributed by atoms with van der Waals surface area (Å²) in [5.74, 6) is 2.88. The molecule has 0 aliphatic carbocycles. The Labute approximate surface area is 104 Å². The largest absolute Gasteiger partial charge is 0.383 e. The Bertz CT molecular complexity index is 495. The number of aryl methyl sites for hydroxylation is 1. The maximum atomic E-state index is 6.02. The molecule has 0 radical (unpaired) electrons. The van der Waals surface area contributed by atoms with Crippen LogP contribution in [0.1, 0.15) is 12.6 Å². The van der Waals surface area contributed by atoms with E-state index < -0.39 is 0 Å². The van der Waals surface area contributed by atoms with Crippen LogP contribution in [0.5, 0.6) is 0 Å². The van der Waals surface area contributed by atoms with Gasteiger partial charge in [0.1, 0.15) is 11.5 Å². The van der Waals surface area contributed by atoms with E-state index in [9.17, 15) is 0 Å². The highest BCUT2D eigenvalue weighted by Crippen LogP contribution is 2.19. The lowest BCUT2D eigenvalue weighted by atomic mass is 10.3. The van der Waals surface area contributed by atoms with E-state index in [0.29, 0.717) is 10.8 Å². The van der Waals surface area contributed by atoms with Crippen LogP contribution in [0.4, 0.5) is 5.82 Å². The molecule has 5 heteroatoms. The Hall–Kier alpha value is -0.870. The standard InChI is InChI=1S/C11H14ClN3S/c1-2-16-6-5-9-11(13)15-7-8(12)3-4-10(15)14-9/h3-4,7H,2,5-6,13H2,1H3. The lowest BCUT2D eigenvalue weighted by Gasteiger charge is -1.98. The van der Waals surface area contributed by atoms with Gasteiger partial charge in [-0.2, -0.15) is 11.8 Å². The summed E-state index contributed by atoms with van der Waals surface area (Å²) in [6.45, 7) is 2.15. The van der Waals surface area contributed by atoms with Gasteiger partial charge >= 0.3 is 0 Å². The number of nitrogens with zero attached hydrogens (tertiary/aromatic N) is 2. The molecule has 16 heavy (non-hydrogen) atoms. The third-order valence-corrected chi connectivity index (χ3v) is 3.51. The van der Waals surface area contributed by atoms with E-state index in [1.54, 1.807) is 6.20 Å². The van der Waals surface area contributed by atoms with Gasteiger partial charge in [-0.05, 0) is 23.6 Å². The molecule has 0 saturated heterocycles. The smallest absolute Gasteiger partial charge is 0.138 e. The summed E-state index contributed by atoms with van der Waals surface area (Å²) >= 11 is 7.81. The van der Waals surface area contributed by atoms with Crippen molar-refractivity contribution in [3.05, 3.63) is 29.0 Å². The molecule has 0 aliphatic rings. The summed E-state index contributed by atoms with van der Waals surface area (Å²) in [7, 11) is 0. The van der Waals surface area contributed by atoms with E-state index in [1.807, 2.05) is 28.3 Å². The first kappa shape index (κ1) is 11.6. The van der Waals surface area contributed by atoms with Crippen molar-refractivity contribution in [2.24, 2.45) is 0 Å². The molecule has 0 fully saturated rings. The molecule has 2 aromatic rings. The van der Waals surface area contributed by atoms with Crippen molar-refractivity contribution in [2.45, 2.75) is 13.3 Å². The highest BCUT2D eigenvalue weighted by molar-refractivity contribution is 7.99. The predicted octanol–water partition coefficient (Wildman–Crippen LogP) is 2.87. The Kier molecular flexibility index (Phi) is 3.61. The highest BCUT2D eigenvalue weighted by atomic mass is 35.5. The lowest BCUT2D eigenvalue weighted by Crippen LogP contribution is -1.98. The molecule has 3 nitrogen and oxygen atoms in total. The van der Waals surface area contributed by atoms with Gasteiger partial charge in [0.2, 0.25) is 0 Å². The number of hydrogen-bond acceptors (Lipinski definition) is 3. The van der Waals surface area contributed by atoms with Crippen LogP contribution >= 0.6 is 23.4 Å². The average Bonchev–Trinajstić information content (AvgIpc) is 2.57. The van der Waals surface area contributed by atoms with Crippen LogP contribution in [0, 0.1) is 0 Å². The summed E-state index contributed by atoms with van der Waals surface area (Å²) in [4.78, 5) is 4.49. The fourth-order valence-electron chi connectivity index (χ4n) is 1.58. The fraction of sp³-hybridized carbons (Fsp3) is 0.364. The minimum Gasteiger partial charge on any atom is -0.383 e. The maximum Gasteiger partial charge on any atom is 0.138 e. The van der Waals surface area contributed by atoms with Crippen LogP contribution in [0.3, 0.4) is 0 Å². The Balaban J connectivity index is 2.29. The highest BCUT2D eigenvalue weighted by Gasteiger charge is 2.08. The molecule has 0 aliphatic heterocycles. The molecule has 0 saturated carbocycles. The molecule has 2 heterocycles. The van der Waals surface area contributed by atoms with Crippen molar-refractivity contribution in [3.63, 3.8) is 0 Å². The van der Waals surface area contributed by atoms with E-state index in [2.05, 4.69) is 11.9 Å². The molecular weight excluding hydrogens is 242 g/mol. The zero-order valence-electron chi connectivity index (χ0n) is 9.11. The first-order valence-corrected chi connectivity index (χ1v) is 6.75. The SMILES string of the molecule is CCSCCc1nc2ccc(Cl)cn2c1N. The summed E-state index contributed by atoms with van der Waals surface area (Å²) in [6.07, 6.45) is 2.71. The average molecular weight is 256 g/mol. The van der Waals surface area contributed by atoms with Crippen LogP contribution < -0.4 is 5.73 Å². The lowest BCUT2D eigenvalue weighted by molar-refractivity contribution is 1.09. The minimum absolute atomic E-state index is 0.672. The van der Waals surface area contributed by atoms with Crippen LogP contribution in [-0.4, -0.2) is 20.9 Å². The summed E-state index contributed by atoms with van der Waals surface area (Å²) < 4.78 is 1.84. The quantitative estimate of drug-likeness (QED) is 0.855. The fourth-order valence-corrected chi connectivity index (χ4v) is 2.37. The van der Waals surface area contributed by atoms with Gasteiger partial charge in [0.25, 0.3) is 0 Å². The second-order valence-corrected chi connectivity index (χ2v) is 5.30. The number of aromatic nitrogens is 2. The molecule has 0 aromatic carbocycles. The summed E-state index contributed by atoms with van der Waals surface area (Å²) in [6, 6.07) is 3.71. The second-order valence-electron chi connectivity index (χ2n) is 3.47. The van der Waals surface area contributed by atoms with Gasteiger partial charge < -0.3 is 5.73 Å². The number of halogens is 1. The van der Waals surface area contributed by atoms with E-state index in [1.165, 1.54) is 0 Å². The van der Waals surface area contributed by atoms with Crippen molar-refractivity contribution in [3.8, 4) is 0 Å². The van der Waals surface area contributed by atoms with E-state index in [0.717, 1.165) is 29.3 Å². The van der Waals surface area contributed by atoms with Crippen LogP contribution in [0.2, 0.25) is 5.02 Å². The molecule has 2 N–H and O–H groups in total. The third-order valence-electron chi connectivity index (χ3n) is 2.38. The van der Waals surface area contributed by atoms with E-state index in [4.69, 9.17) is 17.3 Å². The van der Waals surface area contributed by atoms with E-state index in [-0.39, 0.29) is 0 Å². The van der Waals surface area contributed by atoms with Gasteiger partial charge in [-0.1, -0.05) is 18.5 Å². The first-order valence-electron chi connectivity index (χ1n) is 5.22. The summed E-state index contributed by atoms with van der Waals surface area (Å²) in [5.41, 5.74) is 7.84. The second kappa shape index (κ2) is 4.97. The van der Waals surface area contributed by atoms with E-state index >= 15 is 0 Å². The number of anilines is 1. The van der Waals surface area contributed by atoms with Crippen LogP contribution in [0.15, 0.2) is 18.3 Å². The van der Waals surface area contributed by atoms with Crippen molar-refractivity contribution in [1.82, 2.24) is 9.38 Å². The molecule has 2 aromatic heterocycles. The third kappa shape index (κ3) is 2.28. The van der Waals surface area contributed by atoms with Gasteiger partial charge in [-0.3, -0.25) is 4.40 Å². The first-order chi connectivity index (χ1) is 7.72. The van der Waals surface area contributed by atoms with Gasteiger partial charge in [0.15, 0.2) is 0 Å². The molecule has 0 spiro atoms. The van der Waals surface area contributed by atoms with Crippen molar-refractivity contribution in [2.75, 3.05) is 17.2 Å². The van der Waals surface area contributed by atoms with Crippen molar-refractivity contribution in [1.29, 1.82) is 0 Å². The number of imidazole rings is 1. The number of pyridine rings is 1.